The molecule has 2 amide bonds. The van der Waals surface area contributed by atoms with Gasteiger partial charge < -0.3 is 5.32 Å². The van der Waals surface area contributed by atoms with Crippen molar-refractivity contribution in [3.63, 3.8) is 0 Å². The maximum Gasteiger partial charge on any atom is 0.295 e. The van der Waals surface area contributed by atoms with Crippen LogP contribution in [0.25, 0.3) is 6.08 Å². The van der Waals surface area contributed by atoms with Crippen LogP contribution in [0.3, 0.4) is 0 Å². The maximum atomic E-state index is 13.2. The van der Waals surface area contributed by atoms with E-state index < -0.39 is 11.7 Å². The standard InChI is InChI=1S/C17H12ClFN2O2S/c18-14-7-2-1-4-11(14)8-15-16(22)21(17(23)24-15)10-20-13-6-3-5-12(19)9-13/h1-9,20H,10H2/b15-8+. The molecule has 1 fully saturated rings. The number of anilines is 1. The number of benzene rings is 2. The summed E-state index contributed by atoms with van der Waals surface area (Å²) in [6.07, 6.45) is 1.59. The smallest absolute Gasteiger partial charge is 0.295 e. The van der Waals surface area contributed by atoms with Gasteiger partial charge in [0.05, 0.1) is 11.6 Å². The second kappa shape index (κ2) is 7.07. The minimum absolute atomic E-state index is 0.0337. The Morgan fingerprint density at radius 3 is 2.71 bits per heavy atom. The van der Waals surface area contributed by atoms with E-state index in [0.29, 0.717) is 21.2 Å². The molecule has 1 saturated heterocycles. The highest BCUT2D eigenvalue weighted by atomic mass is 35.5. The summed E-state index contributed by atoms with van der Waals surface area (Å²) < 4.78 is 13.2. The van der Waals surface area contributed by atoms with E-state index >= 15 is 0 Å². The average Bonchev–Trinajstić information content (AvgIpc) is 2.82. The van der Waals surface area contributed by atoms with Gasteiger partial charge in [-0.05, 0) is 47.7 Å². The lowest BCUT2D eigenvalue weighted by atomic mass is 10.2. The number of halogens is 2. The predicted octanol–water partition coefficient (Wildman–Crippen LogP) is 4.59. The first kappa shape index (κ1) is 16.5. The molecule has 0 unspecified atom stereocenters. The number of carbonyl (C=O) groups is 2. The maximum absolute atomic E-state index is 13.2. The monoisotopic (exact) mass is 362 g/mol. The van der Waals surface area contributed by atoms with E-state index in [1.807, 2.05) is 0 Å². The van der Waals surface area contributed by atoms with Crippen molar-refractivity contribution in [1.29, 1.82) is 0 Å². The van der Waals surface area contributed by atoms with Gasteiger partial charge in [0, 0.05) is 10.7 Å². The van der Waals surface area contributed by atoms with Gasteiger partial charge in [0.25, 0.3) is 11.1 Å². The van der Waals surface area contributed by atoms with Crippen molar-refractivity contribution in [2.24, 2.45) is 0 Å². The van der Waals surface area contributed by atoms with Gasteiger partial charge in [0.2, 0.25) is 0 Å². The first-order chi connectivity index (χ1) is 11.5. The van der Waals surface area contributed by atoms with Crippen molar-refractivity contribution in [3.8, 4) is 0 Å². The molecule has 24 heavy (non-hydrogen) atoms. The Balaban J connectivity index is 1.73. The molecule has 2 aromatic carbocycles. The van der Waals surface area contributed by atoms with Gasteiger partial charge in [0.1, 0.15) is 5.82 Å². The fourth-order valence-corrected chi connectivity index (χ4v) is 3.16. The first-order valence-electron chi connectivity index (χ1n) is 7.04. The van der Waals surface area contributed by atoms with E-state index in [4.69, 9.17) is 11.6 Å². The molecule has 1 heterocycles. The number of nitrogens with one attached hydrogen (secondary N) is 1. The zero-order chi connectivity index (χ0) is 17.1. The Morgan fingerprint density at radius 1 is 1.17 bits per heavy atom. The van der Waals surface area contributed by atoms with E-state index in [9.17, 15) is 14.0 Å². The van der Waals surface area contributed by atoms with Crippen molar-refractivity contribution in [2.75, 3.05) is 12.0 Å². The van der Waals surface area contributed by atoms with Gasteiger partial charge in [-0.3, -0.25) is 14.5 Å². The third-order valence-corrected chi connectivity index (χ3v) is 4.58. The van der Waals surface area contributed by atoms with Gasteiger partial charge in [-0.1, -0.05) is 35.9 Å². The van der Waals surface area contributed by atoms with Crippen molar-refractivity contribution >= 4 is 46.3 Å². The van der Waals surface area contributed by atoms with Gasteiger partial charge in [-0.2, -0.15) is 0 Å². The molecule has 3 rings (SSSR count). The molecular formula is C17H12ClFN2O2S. The van der Waals surface area contributed by atoms with Gasteiger partial charge in [0.15, 0.2) is 0 Å². The van der Waals surface area contributed by atoms with Crippen LogP contribution in [0, 0.1) is 5.82 Å². The molecule has 0 saturated carbocycles. The van der Waals surface area contributed by atoms with E-state index in [1.54, 1.807) is 42.5 Å². The Labute approximate surface area is 147 Å². The third-order valence-electron chi connectivity index (χ3n) is 3.33. The fourth-order valence-electron chi connectivity index (χ4n) is 2.14. The van der Waals surface area contributed by atoms with Crippen LogP contribution in [0.2, 0.25) is 5.02 Å². The normalized spacial score (nSPS) is 16.1. The van der Waals surface area contributed by atoms with Crippen LogP contribution < -0.4 is 5.32 Å². The van der Waals surface area contributed by atoms with Crippen LogP contribution in [0.1, 0.15) is 5.56 Å². The summed E-state index contributed by atoms with van der Waals surface area (Å²) in [5, 5.41) is 2.98. The summed E-state index contributed by atoms with van der Waals surface area (Å²) in [4.78, 5) is 25.8. The summed E-state index contributed by atoms with van der Waals surface area (Å²) >= 11 is 6.92. The lowest BCUT2D eigenvalue weighted by Gasteiger charge is -2.14. The number of carbonyl (C=O) groups excluding carboxylic acids is 2. The van der Waals surface area contributed by atoms with E-state index in [-0.39, 0.29) is 11.9 Å². The molecular weight excluding hydrogens is 351 g/mol. The second-order valence-corrected chi connectivity index (χ2v) is 6.38. The minimum atomic E-state index is -0.408. The Hall–Kier alpha value is -2.31. The van der Waals surface area contributed by atoms with E-state index in [1.165, 1.54) is 12.1 Å². The number of nitrogens with zero attached hydrogens (tertiary/aromatic N) is 1. The lowest BCUT2D eigenvalue weighted by molar-refractivity contribution is -0.122. The molecule has 1 N–H and O–H groups in total. The molecule has 0 bridgehead atoms. The molecule has 0 aliphatic carbocycles. The topological polar surface area (TPSA) is 49.4 Å². The highest BCUT2D eigenvalue weighted by Crippen LogP contribution is 2.33. The molecule has 1 aliphatic heterocycles. The van der Waals surface area contributed by atoms with Gasteiger partial charge in [-0.15, -0.1) is 0 Å². The highest BCUT2D eigenvalue weighted by molar-refractivity contribution is 8.18. The summed E-state index contributed by atoms with van der Waals surface area (Å²) in [6, 6.07) is 12.9. The molecule has 0 aromatic heterocycles. The van der Waals surface area contributed by atoms with Crippen molar-refractivity contribution in [3.05, 3.63) is 69.8 Å². The zero-order valence-electron chi connectivity index (χ0n) is 12.3. The SMILES string of the molecule is O=C1S/C(=C/c2ccccc2Cl)C(=O)N1CNc1cccc(F)c1. The summed E-state index contributed by atoms with van der Waals surface area (Å²) in [5.74, 6) is -0.804. The van der Waals surface area contributed by atoms with Crippen molar-refractivity contribution < 1.29 is 14.0 Å². The van der Waals surface area contributed by atoms with Crippen LogP contribution in [0.5, 0.6) is 0 Å². The number of imide groups is 1. The first-order valence-corrected chi connectivity index (χ1v) is 8.23. The number of amides is 2. The fraction of sp³-hybridized carbons (Fsp3) is 0.0588. The number of thioether (sulfide) groups is 1. The molecule has 0 radical (unpaired) electrons. The van der Waals surface area contributed by atoms with Crippen molar-refractivity contribution in [2.45, 2.75) is 0 Å². The largest absolute Gasteiger partial charge is 0.367 e. The zero-order valence-corrected chi connectivity index (χ0v) is 13.9. The molecule has 0 spiro atoms. The second-order valence-electron chi connectivity index (χ2n) is 4.98. The lowest BCUT2D eigenvalue weighted by Crippen LogP contribution is -2.33. The molecule has 7 heteroatoms. The highest BCUT2D eigenvalue weighted by Gasteiger charge is 2.34. The molecule has 4 nitrogen and oxygen atoms in total. The number of rotatable bonds is 4. The van der Waals surface area contributed by atoms with E-state index in [2.05, 4.69) is 5.32 Å². The quantitative estimate of drug-likeness (QED) is 0.808. The Morgan fingerprint density at radius 2 is 1.96 bits per heavy atom. The average molecular weight is 363 g/mol. The molecule has 0 atom stereocenters. The minimum Gasteiger partial charge on any atom is -0.367 e. The van der Waals surface area contributed by atoms with Gasteiger partial charge >= 0.3 is 0 Å². The summed E-state index contributed by atoms with van der Waals surface area (Å²) in [6.45, 7) is -0.0337. The third kappa shape index (κ3) is 3.60. The predicted molar refractivity (Wildman–Crippen MR) is 94.2 cm³/mol. The van der Waals surface area contributed by atoms with Crippen LogP contribution in [-0.4, -0.2) is 22.7 Å². The molecule has 2 aromatic rings. The molecule has 122 valence electrons. The van der Waals surface area contributed by atoms with E-state index in [0.717, 1.165) is 16.7 Å². The van der Waals surface area contributed by atoms with Crippen molar-refractivity contribution in [1.82, 2.24) is 4.90 Å². The summed E-state index contributed by atoms with van der Waals surface area (Å²) in [5.41, 5.74) is 1.16. The Bertz CT molecular complexity index is 841. The Kier molecular flexibility index (Phi) is 4.87. The number of hydrogen-bond acceptors (Lipinski definition) is 4. The van der Waals surface area contributed by atoms with Crippen LogP contribution in [-0.2, 0) is 4.79 Å². The van der Waals surface area contributed by atoms with Crippen LogP contribution in [0.4, 0.5) is 14.9 Å². The van der Waals surface area contributed by atoms with Crippen LogP contribution in [0.15, 0.2) is 53.4 Å². The molecule has 1 aliphatic rings. The van der Waals surface area contributed by atoms with Gasteiger partial charge in [-0.25, -0.2) is 4.39 Å². The van der Waals surface area contributed by atoms with Crippen LogP contribution >= 0.6 is 23.4 Å². The summed E-state index contributed by atoms with van der Waals surface area (Å²) in [7, 11) is 0. The number of hydrogen-bond donors (Lipinski definition) is 1.